The van der Waals surface area contributed by atoms with Gasteiger partial charge in [-0.25, -0.2) is 8.78 Å². The van der Waals surface area contributed by atoms with Gasteiger partial charge in [0, 0.05) is 24.8 Å². The molecular formula is C21H16F5N3O. The normalized spacial score (nSPS) is 13.5. The van der Waals surface area contributed by atoms with E-state index >= 15 is 0 Å². The van der Waals surface area contributed by atoms with Crippen LogP contribution < -0.4 is 10.2 Å². The molecule has 0 unspecified atom stereocenters. The van der Waals surface area contributed by atoms with Gasteiger partial charge in [0.05, 0.1) is 16.9 Å². The Morgan fingerprint density at radius 2 is 1.90 bits per heavy atom. The Balaban J connectivity index is 1.72. The standard InChI is InChI=1S/C21H16F5N3O/c1-29-8-7-11-9-16(27-18(11)13-6-5-12(22)10-17(13)29)20(30)28-19-14(21(24,25)26)3-2-4-15(19)23/h2-6,9-10,27H,7-8H2,1H3,(H,28,30). The molecule has 0 radical (unpaired) electrons. The Morgan fingerprint density at radius 3 is 2.63 bits per heavy atom. The lowest BCUT2D eigenvalue weighted by Crippen LogP contribution is -2.20. The van der Waals surface area contributed by atoms with E-state index in [1.807, 2.05) is 17.3 Å². The van der Waals surface area contributed by atoms with Crippen molar-refractivity contribution < 1.29 is 26.7 Å². The predicted octanol–water partition coefficient (Wildman–Crippen LogP) is 5.22. The van der Waals surface area contributed by atoms with Crippen LogP contribution in [0, 0.1) is 11.6 Å². The van der Waals surface area contributed by atoms with Crippen molar-refractivity contribution in [2.45, 2.75) is 12.6 Å². The van der Waals surface area contributed by atoms with Crippen molar-refractivity contribution in [3.63, 3.8) is 0 Å². The minimum absolute atomic E-state index is 0.0174. The van der Waals surface area contributed by atoms with Crippen LogP contribution in [0.25, 0.3) is 11.3 Å². The van der Waals surface area contributed by atoms with Crippen LogP contribution in [-0.4, -0.2) is 24.5 Å². The zero-order chi connectivity index (χ0) is 21.6. The summed E-state index contributed by atoms with van der Waals surface area (Å²) in [5.41, 5.74) is 0.388. The van der Waals surface area contributed by atoms with Gasteiger partial charge in [-0.2, -0.15) is 13.2 Å². The first-order valence-corrected chi connectivity index (χ1v) is 9.05. The second-order valence-electron chi connectivity index (χ2n) is 7.03. The average molecular weight is 421 g/mol. The van der Waals surface area contributed by atoms with Gasteiger partial charge in [-0.05, 0) is 48.4 Å². The highest BCUT2D eigenvalue weighted by atomic mass is 19.4. The number of hydrogen-bond acceptors (Lipinski definition) is 2. The van der Waals surface area contributed by atoms with E-state index in [1.54, 1.807) is 6.07 Å². The zero-order valence-electron chi connectivity index (χ0n) is 15.7. The van der Waals surface area contributed by atoms with Gasteiger partial charge in [0.1, 0.15) is 17.3 Å². The summed E-state index contributed by atoms with van der Waals surface area (Å²) >= 11 is 0. The number of benzene rings is 2. The van der Waals surface area contributed by atoms with Gasteiger partial charge in [0.2, 0.25) is 0 Å². The minimum Gasteiger partial charge on any atom is -0.374 e. The fourth-order valence-electron chi connectivity index (χ4n) is 3.57. The Labute approximate surface area is 168 Å². The van der Waals surface area contributed by atoms with Crippen LogP contribution in [-0.2, 0) is 12.6 Å². The number of hydrogen-bond donors (Lipinski definition) is 2. The molecule has 0 bridgehead atoms. The highest BCUT2D eigenvalue weighted by Gasteiger charge is 2.35. The lowest BCUT2D eigenvalue weighted by molar-refractivity contribution is -0.137. The van der Waals surface area contributed by atoms with Gasteiger partial charge in [-0.3, -0.25) is 4.79 Å². The van der Waals surface area contributed by atoms with Crippen molar-refractivity contribution in [2.24, 2.45) is 0 Å². The number of nitrogens with one attached hydrogen (secondary N) is 2. The summed E-state index contributed by atoms with van der Waals surface area (Å²) in [6.45, 7) is 0.550. The van der Waals surface area contributed by atoms with Crippen molar-refractivity contribution >= 4 is 17.3 Å². The molecule has 1 amide bonds. The smallest absolute Gasteiger partial charge is 0.374 e. The van der Waals surface area contributed by atoms with Crippen LogP contribution in [0.15, 0.2) is 42.5 Å². The summed E-state index contributed by atoms with van der Waals surface area (Å²) in [5.74, 6) is -2.50. The highest BCUT2D eigenvalue weighted by molar-refractivity contribution is 6.04. The monoisotopic (exact) mass is 421 g/mol. The summed E-state index contributed by atoms with van der Waals surface area (Å²) in [5, 5.41) is 2.03. The number of aromatic amines is 1. The molecule has 2 N–H and O–H groups in total. The average Bonchev–Trinajstić information content (AvgIpc) is 3.06. The first kappa shape index (κ1) is 19.9. The predicted molar refractivity (Wildman–Crippen MR) is 103 cm³/mol. The molecule has 1 aliphatic heterocycles. The Kier molecular flexibility index (Phi) is 4.76. The largest absolute Gasteiger partial charge is 0.418 e. The number of nitrogens with zero attached hydrogens (tertiary/aromatic N) is 1. The topological polar surface area (TPSA) is 48.1 Å². The number of carbonyl (C=O) groups excluding carboxylic acids is 1. The van der Waals surface area contributed by atoms with E-state index in [0.29, 0.717) is 36.0 Å². The number of rotatable bonds is 2. The zero-order valence-corrected chi connectivity index (χ0v) is 15.7. The van der Waals surface area contributed by atoms with E-state index in [9.17, 15) is 26.7 Å². The molecule has 156 valence electrons. The van der Waals surface area contributed by atoms with E-state index in [2.05, 4.69) is 4.98 Å². The molecular weight excluding hydrogens is 405 g/mol. The van der Waals surface area contributed by atoms with Crippen LogP contribution in [0.3, 0.4) is 0 Å². The van der Waals surface area contributed by atoms with Crippen LogP contribution in [0.5, 0.6) is 0 Å². The van der Waals surface area contributed by atoms with E-state index in [-0.39, 0.29) is 5.69 Å². The summed E-state index contributed by atoms with van der Waals surface area (Å²) in [7, 11) is 1.81. The molecule has 0 fully saturated rings. The summed E-state index contributed by atoms with van der Waals surface area (Å²) < 4.78 is 67.3. The maximum atomic E-state index is 14.0. The van der Waals surface area contributed by atoms with Crippen molar-refractivity contribution in [1.29, 1.82) is 0 Å². The Bertz CT molecular complexity index is 1140. The number of halogens is 5. The first-order valence-electron chi connectivity index (χ1n) is 9.05. The number of para-hydroxylation sites is 1. The second-order valence-corrected chi connectivity index (χ2v) is 7.03. The number of fused-ring (bicyclic) bond motifs is 3. The van der Waals surface area contributed by atoms with Crippen LogP contribution >= 0.6 is 0 Å². The third-order valence-corrected chi connectivity index (χ3v) is 5.06. The summed E-state index contributed by atoms with van der Waals surface area (Å²) in [4.78, 5) is 17.4. The maximum Gasteiger partial charge on any atom is 0.418 e. The van der Waals surface area contributed by atoms with E-state index in [4.69, 9.17) is 0 Å². The SMILES string of the molecule is CN1CCc2cc(C(=O)Nc3c(F)cccc3C(F)(F)F)[nH]c2-c2ccc(F)cc21. The quantitative estimate of drug-likeness (QED) is 0.557. The molecule has 1 aromatic heterocycles. The Morgan fingerprint density at radius 1 is 1.13 bits per heavy atom. The molecule has 0 aliphatic carbocycles. The van der Waals surface area contributed by atoms with Gasteiger partial charge < -0.3 is 15.2 Å². The lowest BCUT2D eigenvalue weighted by Gasteiger charge is -2.19. The molecule has 30 heavy (non-hydrogen) atoms. The van der Waals surface area contributed by atoms with Gasteiger partial charge in [-0.15, -0.1) is 0 Å². The first-order chi connectivity index (χ1) is 14.1. The molecule has 0 saturated carbocycles. The molecule has 0 spiro atoms. The number of H-pyrrole nitrogens is 1. The van der Waals surface area contributed by atoms with Crippen LogP contribution in [0.2, 0.25) is 0 Å². The number of anilines is 2. The highest BCUT2D eigenvalue weighted by Crippen LogP contribution is 2.38. The van der Waals surface area contributed by atoms with Crippen LogP contribution in [0.1, 0.15) is 21.6 Å². The number of likely N-dealkylation sites (N-methyl/N-ethyl adjacent to an activating group) is 1. The molecule has 2 heterocycles. The summed E-state index contributed by atoms with van der Waals surface area (Å²) in [6.07, 6.45) is -4.30. The second kappa shape index (κ2) is 7.16. The molecule has 4 rings (SSSR count). The lowest BCUT2D eigenvalue weighted by atomic mass is 10.1. The fourth-order valence-corrected chi connectivity index (χ4v) is 3.57. The van der Waals surface area contributed by atoms with Crippen molar-refractivity contribution in [3.05, 3.63) is 70.9 Å². The molecule has 2 aromatic carbocycles. The van der Waals surface area contributed by atoms with Gasteiger partial charge in [0.25, 0.3) is 5.91 Å². The van der Waals surface area contributed by atoms with Crippen LogP contribution in [0.4, 0.5) is 33.3 Å². The number of alkyl halides is 3. The Hall–Kier alpha value is -3.36. The van der Waals surface area contributed by atoms with Crippen molar-refractivity contribution in [2.75, 3.05) is 23.8 Å². The van der Waals surface area contributed by atoms with E-state index in [0.717, 1.165) is 17.7 Å². The third-order valence-electron chi connectivity index (χ3n) is 5.06. The third kappa shape index (κ3) is 3.51. The molecule has 9 heteroatoms. The molecule has 0 saturated heterocycles. The minimum atomic E-state index is -4.83. The van der Waals surface area contributed by atoms with E-state index in [1.165, 1.54) is 18.2 Å². The van der Waals surface area contributed by atoms with Crippen molar-refractivity contribution in [1.82, 2.24) is 4.98 Å². The fraction of sp³-hybridized carbons (Fsp3) is 0.190. The van der Waals surface area contributed by atoms with Gasteiger partial charge >= 0.3 is 6.18 Å². The molecule has 1 aliphatic rings. The number of aromatic nitrogens is 1. The molecule has 0 atom stereocenters. The molecule has 4 nitrogen and oxygen atoms in total. The van der Waals surface area contributed by atoms with Crippen molar-refractivity contribution in [3.8, 4) is 11.3 Å². The van der Waals surface area contributed by atoms with Gasteiger partial charge in [0.15, 0.2) is 0 Å². The van der Waals surface area contributed by atoms with E-state index < -0.39 is 35.0 Å². The number of amides is 1. The molecule has 3 aromatic rings. The van der Waals surface area contributed by atoms with Gasteiger partial charge in [-0.1, -0.05) is 6.07 Å². The number of carbonyl (C=O) groups is 1. The maximum absolute atomic E-state index is 14.0. The summed E-state index contributed by atoms with van der Waals surface area (Å²) in [6, 6.07) is 8.22.